The van der Waals surface area contributed by atoms with Gasteiger partial charge in [0.1, 0.15) is 9.88 Å². The van der Waals surface area contributed by atoms with Gasteiger partial charge in [-0.15, -0.1) is 11.3 Å². The van der Waals surface area contributed by atoms with Crippen molar-refractivity contribution in [1.29, 1.82) is 0 Å². The van der Waals surface area contributed by atoms with Gasteiger partial charge in [0.2, 0.25) is 0 Å². The molecular weight excluding hydrogens is 298 g/mol. The Morgan fingerprint density at radius 1 is 1.45 bits per heavy atom. The molecule has 0 unspecified atom stereocenters. The maximum atomic E-state index is 12.7. The van der Waals surface area contributed by atoms with E-state index in [0.29, 0.717) is 12.5 Å². The van der Waals surface area contributed by atoms with Crippen molar-refractivity contribution in [1.82, 2.24) is 19.7 Å². The molecule has 0 spiro atoms. The predicted molar refractivity (Wildman–Crippen MR) is 86.7 cm³/mol. The van der Waals surface area contributed by atoms with Crippen molar-refractivity contribution >= 4 is 17.2 Å². The minimum absolute atomic E-state index is 0.0978. The predicted octanol–water partition coefficient (Wildman–Crippen LogP) is 1.66. The van der Waals surface area contributed by atoms with Crippen LogP contribution in [0.3, 0.4) is 0 Å². The molecular formula is C15H21N5OS. The van der Waals surface area contributed by atoms with Crippen LogP contribution in [-0.4, -0.2) is 45.2 Å². The van der Waals surface area contributed by atoms with Gasteiger partial charge < -0.3 is 10.6 Å². The summed E-state index contributed by atoms with van der Waals surface area (Å²) >= 11 is 1.45. The summed E-state index contributed by atoms with van der Waals surface area (Å²) in [6, 6.07) is 0. The fraction of sp³-hybridized carbons (Fsp3) is 0.533. The number of hydrogen-bond donors (Lipinski definition) is 1. The fourth-order valence-corrected chi connectivity index (χ4v) is 3.77. The summed E-state index contributed by atoms with van der Waals surface area (Å²) in [5, 5.41) is 5.01. The molecule has 1 amide bonds. The Balaban J connectivity index is 1.77. The number of nitrogens with zero attached hydrogens (tertiary/aromatic N) is 4. The first-order chi connectivity index (χ1) is 10.6. The van der Waals surface area contributed by atoms with E-state index in [1.165, 1.54) is 11.3 Å². The van der Waals surface area contributed by atoms with Gasteiger partial charge >= 0.3 is 0 Å². The zero-order valence-corrected chi connectivity index (χ0v) is 13.8. The molecule has 0 bridgehead atoms. The Kier molecular flexibility index (Phi) is 4.26. The standard InChI is InChI=1S/C15H21N5OS/c1-10-13(15(21)20-5-3-11(7-16)4-6-20)22-14(18-10)12-8-17-19(2)9-12/h8-9,11H,3-7,16H2,1-2H3. The number of aryl methyl sites for hydroxylation is 2. The molecule has 0 radical (unpaired) electrons. The average Bonchev–Trinajstić information content (AvgIpc) is 3.12. The van der Waals surface area contributed by atoms with E-state index in [1.54, 1.807) is 10.9 Å². The molecule has 1 fully saturated rings. The minimum atomic E-state index is 0.0978. The molecule has 0 atom stereocenters. The van der Waals surface area contributed by atoms with Crippen LogP contribution in [0.1, 0.15) is 28.2 Å². The Hall–Kier alpha value is -1.73. The van der Waals surface area contributed by atoms with E-state index in [-0.39, 0.29) is 5.91 Å². The van der Waals surface area contributed by atoms with Gasteiger partial charge in [-0.25, -0.2) is 4.98 Å². The number of amides is 1. The molecule has 0 aliphatic carbocycles. The van der Waals surface area contributed by atoms with E-state index >= 15 is 0 Å². The van der Waals surface area contributed by atoms with E-state index in [0.717, 1.165) is 47.1 Å². The van der Waals surface area contributed by atoms with Gasteiger partial charge in [-0.3, -0.25) is 9.48 Å². The molecule has 3 rings (SSSR count). The molecule has 6 nitrogen and oxygen atoms in total. The molecule has 118 valence electrons. The summed E-state index contributed by atoms with van der Waals surface area (Å²) in [7, 11) is 1.87. The lowest BCUT2D eigenvalue weighted by Gasteiger charge is -2.31. The molecule has 2 aromatic rings. The van der Waals surface area contributed by atoms with E-state index in [2.05, 4.69) is 10.1 Å². The Morgan fingerprint density at radius 2 is 2.18 bits per heavy atom. The Bertz CT molecular complexity index is 669. The lowest BCUT2D eigenvalue weighted by Crippen LogP contribution is -2.40. The van der Waals surface area contributed by atoms with E-state index in [1.807, 2.05) is 25.1 Å². The van der Waals surface area contributed by atoms with Gasteiger partial charge in [0.25, 0.3) is 5.91 Å². The third-order valence-corrected chi connectivity index (χ3v) is 5.37. The summed E-state index contributed by atoms with van der Waals surface area (Å²) < 4.78 is 1.74. The smallest absolute Gasteiger partial charge is 0.265 e. The monoisotopic (exact) mass is 319 g/mol. The lowest BCUT2D eigenvalue weighted by molar-refractivity contribution is 0.0697. The van der Waals surface area contributed by atoms with Gasteiger partial charge in [0.15, 0.2) is 0 Å². The molecule has 2 aromatic heterocycles. The van der Waals surface area contributed by atoms with Crippen LogP contribution in [0.25, 0.3) is 10.6 Å². The average molecular weight is 319 g/mol. The number of rotatable bonds is 3. The van der Waals surface area contributed by atoms with Crippen molar-refractivity contribution in [3.63, 3.8) is 0 Å². The molecule has 1 aliphatic heterocycles. The van der Waals surface area contributed by atoms with Gasteiger partial charge in [-0.05, 0) is 32.2 Å². The van der Waals surface area contributed by atoms with Gasteiger partial charge in [-0.2, -0.15) is 5.10 Å². The third kappa shape index (κ3) is 2.91. The number of carbonyl (C=O) groups is 1. The Morgan fingerprint density at radius 3 is 2.77 bits per heavy atom. The maximum Gasteiger partial charge on any atom is 0.265 e. The van der Waals surface area contributed by atoms with Gasteiger partial charge in [0.05, 0.1) is 11.9 Å². The summed E-state index contributed by atoms with van der Waals surface area (Å²) in [6.07, 6.45) is 5.68. The van der Waals surface area contributed by atoms with Crippen LogP contribution < -0.4 is 5.73 Å². The number of nitrogens with two attached hydrogens (primary N) is 1. The van der Waals surface area contributed by atoms with Gasteiger partial charge in [0, 0.05) is 31.9 Å². The summed E-state index contributed by atoms with van der Waals surface area (Å²) in [5.74, 6) is 0.651. The van der Waals surface area contributed by atoms with Crippen molar-refractivity contribution in [3.8, 4) is 10.6 Å². The number of piperidine rings is 1. The normalized spacial score (nSPS) is 16.2. The largest absolute Gasteiger partial charge is 0.338 e. The van der Waals surface area contributed by atoms with E-state index < -0.39 is 0 Å². The number of likely N-dealkylation sites (tertiary alicyclic amines) is 1. The second-order valence-corrected chi connectivity index (χ2v) is 6.81. The second-order valence-electron chi connectivity index (χ2n) is 5.81. The van der Waals surface area contributed by atoms with Crippen molar-refractivity contribution in [2.75, 3.05) is 19.6 Å². The zero-order chi connectivity index (χ0) is 15.7. The molecule has 7 heteroatoms. The molecule has 22 heavy (non-hydrogen) atoms. The topological polar surface area (TPSA) is 77.0 Å². The van der Waals surface area contributed by atoms with Crippen LogP contribution in [0.2, 0.25) is 0 Å². The third-order valence-electron chi connectivity index (χ3n) is 4.18. The first-order valence-electron chi connectivity index (χ1n) is 7.54. The molecule has 0 aromatic carbocycles. The number of aromatic nitrogens is 3. The highest BCUT2D eigenvalue weighted by atomic mass is 32.1. The Labute approximate surface area is 133 Å². The van der Waals surface area contributed by atoms with Crippen LogP contribution in [0.15, 0.2) is 12.4 Å². The van der Waals surface area contributed by atoms with E-state index in [4.69, 9.17) is 5.73 Å². The number of carbonyl (C=O) groups excluding carboxylic acids is 1. The molecule has 0 saturated carbocycles. The quantitative estimate of drug-likeness (QED) is 0.933. The van der Waals surface area contributed by atoms with E-state index in [9.17, 15) is 4.79 Å². The highest BCUT2D eigenvalue weighted by molar-refractivity contribution is 7.17. The van der Waals surface area contributed by atoms with Crippen molar-refractivity contribution in [3.05, 3.63) is 23.0 Å². The lowest BCUT2D eigenvalue weighted by atomic mass is 9.97. The van der Waals surface area contributed by atoms with Crippen LogP contribution >= 0.6 is 11.3 Å². The van der Waals surface area contributed by atoms with Crippen molar-refractivity contribution in [2.45, 2.75) is 19.8 Å². The van der Waals surface area contributed by atoms with Gasteiger partial charge in [-0.1, -0.05) is 0 Å². The first-order valence-corrected chi connectivity index (χ1v) is 8.36. The second kappa shape index (κ2) is 6.18. The van der Waals surface area contributed by atoms with Crippen LogP contribution in [0, 0.1) is 12.8 Å². The first kappa shape index (κ1) is 15.2. The fourth-order valence-electron chi connectivity index (χ4n) is 2.77. The summed E-state index contributed by atoms with van der Waals surface area (Å²) in [6.45, 7) is 4.20. The molecule has 1 aliphatic rings. The van der Waals surface area contributed by atoms with Crippen LogP contribution in [-0.2, 0) is 7.05 Å². The van der Waals surface area contributed by atoms with Crippen LogP contribution in [0.4, 0.5) is 0 Å². The zero-order valence-electron chi connectivity index (χ0n) is 13.0. The molecule has 1 saturated heterocycles. The maximum absolute atomic E-state index is 12.7. The molecule has 3 heterocycles. The minimum Gasteiger partial charge on any atom is -0.338 e. The number of thiazole rings is 1. The molecule has 2 N–H and O–H groups in total. The van der Waals surface area contributed by atoms with Crippen molar-refractivity contribution < 1.29 is 4.79 Å². The van der Waals surface area contributed by atoms with Crippen LogP contribution in [0.5, 0.6) is 0 Å². The summed E-state index contributed by atoms with van der Waals surface area (Å²) in [5.41, 5.74) is 7.47. The highest BCUT2D eigenvalue weighted by Gasteiger charge is 2.26. The SMILES string of the molecule is Cc1nc(-c2cnn(C)c2)sc1C(=O)N1CCC(CN)CC1. The van der Waals surface area contributed by atoms with Crippen molar-refractivity contribution in [2.24, 2.45) is 18.7 Å². The summed E-state index contributed by atoms with van der Waals surface area (Å²) in [4.78, 5) is 19.9. The number of hydrogen-bond acceptors (Lipinski definition) is 5. The highest BCUT2D eigenvalue weighted by Crippen LogP contribution is 2.29.